The monoisotopic (exact) mass is 457 g/mol. The van der Waals surface area contributed by atoms with E-state index in [1.165, 1.54) is 4.90 Å². The van der Waals surface area contributed by atoms with Crippen molar-refractivity contribution < 1.29 is 19.4 Å². The van der Waals surface area contributed by atoms with E-state index in [9.17, 15) is 14.7 Å². The maximum atomic E-state index is 12.6. The third-order valence-electron chi connectivity index (χ3n) is 5.99. The first-order valence-corrected chi connectivity index (χ1v) is 11.0. The van der Waals surface area contributed by atoms with Crippen LogP contribution in [0.4, 0.5) is 0 Å². The van der Waals surface area contributed by atoms with Gasteiger partial charge in [-0.15, -0.1) is 0 Å². The van der Waals surface area contributed by atoms with E-state index in [4.69, 9.17) is 4.74 Å². The number of hydrogen-bond acceptors (Lipinski definition) is 7. The molecule has 1 aliphatic rings. The van der Waals surface area contributed by atoms with Crippen molar-refractivity contribution in [1.29, 1.82) is 0 Å². The van der Waals surface area contributed by atoms with Crippen LogP contribution in [0.25, 0.3) is 28.0 Å². The van der Waals surface area contributed by atoms with Crippen LogP contribution in [-0.4, -0.2) is 61.6 Å². The fourth-order valence-electron chi connectivity index (χ4n) is 4.14. The predicted molar refractivity (Wildman–Crippen MR) is 124 cm³/mol. The lowest BCUT2D eigenvalue weighted by Crippen LogP contribution is -2.36. The second-order valence-electron chi connectivity index (χ2n) is 8.19. The van der Waals surface area contributed by atoms with Crippen molar-refractivity contribution in [2.45, 2.75) is 18.9 Å². The molecule has 4 aromatic rings. The van der Waals surface area contributed by atoms with Gasteiger partial charge in [0.05, 0.1) is 18.5 Å². The van der Waals surface area contributed by atoms with Crippen LogP contribution in [0.1, 0.15) is 29.5 Å². The van der Waals surface area contributed by atoms with Gasteiger partial charge in [-0.05, 0) is 25.1 Å². The molecule has 1 amide bonds. The number of aliphatic hydroxyl groups is 1. The van der Waals surface area contributed by atoms with Gasteiger partial charge in [0, 0.05) is 42.8 Å². The minimum Gasteiger partial charge on any atom is -0.461 e. The summed E-state index contributed by atoms with van der Waals surface area (Å²) in [5.41, 5.74) is 0.973. The number of carbonyl (C=O) groups is 2. The van der Waals surface area contributed by atoms with Gasteiger partial charge in [0.1, 0.15) is 5.69 Å². The normalized spacial score (nSPS) is 18.0. The topological polar surface area (TPSA) is 110 Å². The van der Waals surface area contributed by atoms with Gasteiger partial charge >= 0.3 is 5.97 Å². The number of aromatic nitrogens is 4. The van der Waals surface area contributed by atoms with Crippen LogP contribution in [-0.2, 0) is 15.1 Å². The number of para-hydroxylation sites is 1. The van der Waals surface area contributed by atoms with Crippen LogP contribution < -0.4 is 0 Å². The second kappa shape index (κ2) is 8.35. The number of carbonyl (C=O) groups excluding carboxylic acids is 2. The van der Waals surface area contributed by atoms with Crippen molar-refractivity contribution in [3.63, 3.8) is 0 Å². The SMILES string of the molecule is CCOC(=O)c1nc(-c2cccc(-n3cnc(C4(O)CCN(C)C4=O)c3)c2)nc2ccccc12. The summed E-state index contributed by atoms with van der Waals surface area (Å²) in [7, 11) is 1.66. The number of rotatable bonds is 5. The number of likely N-dealkylation sites (N-methyl/N-ethyl adjacent to an activating group) is 1. The largest absolute Gasteiger partial charge is 0.461 e. The van der Waals surface area contributed by atoms with E-state index in [1.807, 2.05) is 42.5 Å². The molecule has 1 aliphatic heterocycles. The van der Waals surface area contributed by atoms with E-state index in [2.05, 4.69) is 15.0 Å². The van der Waals surface area contributed by atoms with Gasteiger partial charge in [-0.25, -0.2) is 19.7 Å². The van der Waals surface area contributed by atoms with E-state index >= 15 is 0 Å². The number of likely N-dealkylation sites (tertiary alicyclic amines) is 1. The van der Waals surface area contributed by atoms with Gasteiger partial charge in [-0.1, -0.05) is 30.3 Å². The molecular formula is C25H23N5O4. The Balaban J connectivity index is 1.54. The Hall–Kier alpha value is -4.11. The van der Waals surface area contributed by atoms with Gasteiger partial charge in [-0.2, -0.15) is 0 Å². The molecular weight excluding hydrogens is 434 g/mol. The second-order valence-corrected chi connectivity index (χ2v) is 8.19. The van der Waals surface area contributed by atoms with Crippen molar-refractivity contribution >= 4 is 22.8 Å². The Morgan fingerprint density at radius 1 is 1.18 bits per heavy atom. The molecule has 34 heavy (non-hydrogen) atoms. The lowest BCUT2D eigenvalue weighted by molar-refractivity contribution is -0.143. The zero-order chi connectivity index (χ0) is 23.9. The van der Waals surface area contributed by atoms with Crippen LogP contribution in [0.2, 0.25) is 0 Å². The average molecular weight is 457 g/mol. The number of ether oxygens (including phenoxy) is 1. The summed E-state index contributed by atoms with van der Waals surface area (Å²) in [6.07, 6.45) is 3.51. The molecule has 0 bridgehead atoms. The summed E-state index contributed by atoms with van der Waals surface area (Å²) in [5.74, 6) is -0.477. The highest BCUT2D eigenvalue weighted by Crippen LogP contribution is 2.32. The Kier molecular flexibility index (Phi) is 5.33. The lowest BCUT2D eigenvalue weighted by Gasteiger charge is -2.18. The number of amides is 1. The van der Waals surface area contributed by atoms with Gasteiger partial charge in [-0.3, -0.25) is 4.79 Å². The number of benzene rings is 2. The highest BCUT2D eigenvalue weighted by Gasteiger charge is 2.46. The van der Waals surface area contributed by atoms with Crippen LogP contribution in [0.3, 0.4) is 0 Å². The van der Waals surface area contributed by atoms with E-state index in [-0.39, 0.29) is 18.2 Å². The molecule has 0 radical (unpaired) electrons. The van der Waals surface area contributed by atoms with Crippen molar-refractivity contribution in [3.8, 4) is 17.1 Å². The van der Waals surface area contributed by atoms with Gasteiger partial charge in [0.25, 0.3) is 5.91 Å². The van der Waals surface area contributed by atoms with E-state index in [0.717, 1.165) is 5.69 Å². The van der Waals surface area contributed by atoms with Gasteiger partial charge in [0.2, 0.25) is 0 Å². The van der Waals surface area contributed by atoms with Crippen LogP contribution in [0.5, 0.6) is 0 Å². The number of hydrogen-bond donors (Lipinski definition) is 1. The zero-order valence-electron chi connectivity index (χ0n) is 18.8. The maximum Gasteiger partial charge on any atom is 0.357 e. The number of imidazole rings is 1. The molecule has 1 unspecified atom stereocenters. The quantitative estimate of drug-likeness (QED) is 0.459. The molecule has 1 fully saturated rings. The summed E-state index contributed by atoms with van der Waals surface area (Å²) in [6.45, 7) is 2.47. The summed E-state index contributed by atoms with van der Waals surface area (Å²) in [4.78, 5) is 40.0. The first kappa shape index (κ1) is 21.7. The summed E-state index contributed by atoms with van der Waals surface area (Å²) in [5, 5.41) is 11.5. The molecule has 1 saturated heterocycles. The molecule has 3 heterocycles. The molecule has 9 nitrogen and oxygen atoms in total. The molecule has 1 atom stereocenters. The molecule has 1 N–H and O–H groups in total. The Morgan fingerprint density at radius 2 is 2.00 bits per heavy atom. The third kappa shape index (κ3) is 3.60. The van der Waals surface area contributed by atoms with Gasteiger partial charge in [0.15, 0.2) is 17.1 Å². The van der Waals surface area contributed by atoms with Crippen molar-refractivity contribution in [2.75, 3.05) is 20.2 Å². The average Bonchev–Trinajstić information content (AvgIpc) is 3.46. The first-order valence-electron chi connectivity index (χ1n) is 11.0. The minimum atomic E-state index is -1.62. The number of esters is 1. The molecule has 0 spiro atoms. The Labute approximate surface area is 195 Å². The molecule has 0 aliphatic carbocycles. The summed E-state index contributed by atoms with van der Waals surface area (Å²) < 4.78 is 6.93. The van der Waals surface area contributed by atoms with Crippen LogP contribution in [0.15, 0.2) is 61.1 Å². The predicted octanol–water partition coefficient (Wildman–Crippen LogP) is 2.71. The molecule has 172 valence electrons. The summed E-state index contributed by atoms with van der Waals surface area (Å²) in [6, 6.07) is 14.7. The Morgan fingerprint density at radius 3 is 2.76 bits per heavy atom. The molecule has 2 aromatic heterocycles. The standard InChI is InChI=1S/C25H23N5O4/c1-3-34-23(31)21-18-9-4-5-10-19(18)27-22(28-21)16-7-6-8-17(13-16)30-14-20(26-15-30)25(33)11-12-29(2)24(25)32/h4-10,13-15,33H,3,11-12H2,1-2H3. The number of fused-ring (bicyclic) bond motifs is 1. The minimum absolute atomic E-state index is 0.212. The van der Waals surface area contributed by atoms with E-state index in [1.54, 1.807) is 37.1 Å². The van der Waals surface area contributed by atoms with Crippen molar-refractivity contribution in [1.82, 2.24) is 24.4 Å². The van der Waals surface area contributed by atoms with E-state index in [0.29, 0.717) is 41.0 Å². The fraction of sp³-hybridized carbons (Fsp3) is 0.240. The van der Waals surface area contributed by atoms with Crippen LogP contribution >= 0.6 is 0 Å². The smallest absolute Gasteiger partial charge is 0.357 e. The zero-order valence-corrected chi connectivity index (χ0v) is 18.8. The Bertz CT molecular complexity index is 1420. The van der Waals surface area contributed by atoms with E-state index < -0.39 is 11.6 Å². The number of nitrogens with zero attached hydrogens (tertiary/aromatic N) is 5. The van der Waals surface area contributed by atoms with Gasteiger partial charge < -0.3 is 19.3 Å². The fourth-order valence-corrected chi connectivity index (χ4v) is 4.14. The molecule has 5 rings (SSSR count). The van der Waals surface area contributed by atoms with Crippen LogP contribution in [0, 0.1) is 0 Å². The maximum absolute atomic E-state index is 12.6. The highest BCUT2D eigenvalue weighted by molar-refractivity contribution is 6.02. The molecule has 0 saturated carbocycles. The summed E-state index contributed by atoms with van der Waals surface area (Å²) >= 11 is 0. The van der Waals surface area contributed by atoms with Crippen molar-refractivity contribution in [2.24, 2.45) is 0 Å². The van der Waals surface area contributed by atoms with Crippen molar-refractivity contribution in [3.05, 3.63) is 72.4 Å². The molecule has 9 heteroatoms. The molecule has 2 aromatic carbocycles. The third-order valence-corrected chi connectivity index (χ3v) is 5.99. The highest BCUT2D eigenvalue weighted by atomic mass is 16.5. The lowest BCUT2D eigenvalue weighted by atomic mass is 9.99. The first-order chi connectivity index (χ1) is 16.4.